The Bertz CT molecular complexity index is 1820. The molecule has 2 saturated heterocycles. The minimum Gasteiger partial charge on any atom is -0.396 e. The number of aromatic amines is 1. The van der Waals surface area contributed by atoms with Gasteiger partial charge in [-0.1, -0.05) is 0 Å². The zero-order valence-corrected chi connectivity index (χ0v) is 24.6. The van der Waals surface area contributed by atoms with Crippen LogP contribution in [0, 0.1) is 0 Å². The first-order valence-corrected chi connectivity index (χ1v) is 15.9. The van der Waals surface area contributed by atoms with E-state index in [0.29, 0.717) is 0 Å². The molecular formula is C21H27N9O13P2. The van der Waals surface area contributed by atoms with Crippen LogP contribution in [0.3, 0.4) is 0 Å². The lowest BCUT2D eigenvalue weighted by atomic mass is 10.1. The van der Waals surface area contributed by atoms with Gasteiger partial charge in [-0.15, -0.1) is 0 Å². The molecule has 0 radical (unpaired) electrons. The van der Waals surface area contributed by atoms with E-state index in [1.54, 1.807) is 0 Å². The topological polar surface area (TPSA) is 315 Å². The lowest BCUT2D eigenvalue weighted by Gasteiger charge is -2.25. The number of aliphatic hydroxyl groups excluding tert-OH is 3. The molecule has 0 aliphatic carbocycles. The molecule has 2 unspecified atom stereocenters. The molecule has 8 N–H and O–H groups in total. The van der Waals surface area contributed by atoms with Gasteiger partial charge in [0.15, 0.2) is 35.1 Å². The Morgan fingerprint density at radius 1 is 1.00 bits per heavy atom. The number of nitrogens with one attached hydrogen (secondary N) is 1. The lowest BCUT2D eigenvalue weighted by molar-refractivity contribution is -0.0593. The van der Waals surface area contributed by atoms with Crippen molar-refractivity contribution in [1.29, 1.82) is 0 Å². The van der Waals surface area contributed by atoms with Crippen LogP contribution >= 0.6 is 16.1 Å². The standard InChI is InChI=1S/C21H27N9O13P2/c22-16-10-17(24-4-23-16)29(6-27-10)20-13(33)14(42-44(35)36)9(41-20)3-39-45(37,38)43-15-12(32)8(1-2-31)40-21(15)30-7-28-11-18(30)25-5-26-19(11)34/h4-9,12-15,20-21,31-33,44H,1-3H2,(H,35,36)(H,37,38)(H2,22,23,24)(H,25,26,34)/t8-,9-,12-,13-,14-,15-,20-,21-/m1/s1. The number of ether oxygens (including phenoxy) is 2. The summed E-state index contributed by atoms with van der Waals surface area (Å²) in [4.78, 5) is 54.6. The van der Waals surface area contributed by atoms with Crippen molar-refractivity contribution in [3.63, 3.8) is 0 Å². The second-order valence-electron chi connectivity index (χ2n) is 9.95. The minimum absolute atomic E-state index is 0.0144. The monoisotopic (exact) mass is 675 g/mol. The number of imidazole rings is 2. The fourth-order valence-corrected chi connectivity index (χ4v) is 6.68. The van der Waals surface area contributed by atoms with Gasteiger partial charge >= 0.3 is 16.1 Å². The third-order valence-corrected chi connectivity index (χ3v) is 8.69. The van der Waals surface area contributed by atoms with E-state index in [-0.39, 0.29) is 34.6 Å². The summed E-state index contributed by atoms with van der Waals surface area (Å²) < 4.78 is 54.3. The largest absolute Gasteiger partial charge is 0.472 e. The van der Waals surface area contributed by atoms with E-state index >= 15 is 0 Å². The Morgan fingerprint density at radius 2 is 1.69 bits per heavy atom. The van der Waals surface area contributed by atoms with Crippen molar-refractivity contribution < 1.29 is 57.3 Å². The Morgan fingerprint density at radius 3 is 2.42 bits per heavy atom. The molecule has 4 aromatic rings. The first-order valence-electron chi connectivity index (χ1n) is 13.2. The van der Waals surface area contributed by atoms with Crippen LogP contribution in [0.15, 0.2) is 30.1 Å². The van der Waals surface area contributed by atoms with Crippen LogP contribution in [0.25, 0.3) is 22.3 Å². The van der Waals surface area contributed by atoms with Gasteiger partial charge in [0.05, 0.1) is 31.7 Å². The molecule has 45 heavy (non-hydrogen) atoms. The molecule has 0 spiro atoms. The van der Waals surface area contributed by atoms with Gasteiger partial charge in [0.2, 0.25) is 0 Å². The van der Waals surface area contributed by atoms with E-state index in [1.165, 1.54) is 15.5 Å². The highest BCUT2D eigenvalue weighted by Gasteiger charge is 2.51. The molecule has 0 aromatic carbocycles. The summed E-state index contributed by atoms with van der Waals surface area (Å²) in [5.74, 6) is 0.0431. The maximum atomic E-state index is 13.2. The Kier molecular flexibility index (Phi) is 8.82. The molecule has 244 valence electrons. The molecular weight excluding hydrogens is 648 g/mol. The summed E-state index contributed by atoms with van der Waals surface area (Å²) in [6, 6.07) is 0. The summed E-state index contributed by atoms with van der Waals surface area (Å²) in [5, 5.41) is 31.3. The van der Waals surface area contributed by atoms with Gasteiger partial charge in [0.25, 0.3) is 5.56 Å². The third-order valence-electron chi connectivity index (χ3n) is 7.23. The van der Waals surface area contributed by atoms with Gasteiger partial charge in [-0.05, 0) is 6.42 Å². The molecule has 22 nitrogen and oxygen atoms in total. The van der Waals surface area contributed by atoms with Crippen molar-refractivity contribution in [2.24, 2.45) is 0 Å². The maximum Gasteiger partial charge on any atom is 0.472 e. The smallest absolute Gasteiger partial charge is 0.396 e. The molecule has 0 bridgehead atoms. The maximum absolute atomic E-state index is 13.2. The zero-order chi connectivity index (χ0) is 32.0. The molecule has 24 heteroatoms. The Hall–Kier alpha value is -3.24. The van der Waals surface area contributed by atoms with E-state index in [4.69, 9.17) is 28.8 Å². The summed E-state index contributed by atoms with van der Waals surface area (Å²) in [7, 11) is -8.78. The van der Waals surface area contributed by atoms with Crippen molar-refractivity contribution in [1.82, 2.24) is 39.0 Å². The van der Waals surface area contributed by atoms with Gasteiger partial charge in [0.1, 0.15) is 42.4 Å². The Labute approximate surface area is 250 Å². The number of nitrogens with two attached hydrogens (primary N) is 1. The third kappa shape index (κ3) is 6.03. The number of hydrogen-bond donors (Lipinski definition) is 7. The van der Waals surface area contributed by atoms with E-state index in [2.05, 4.69) is 29.9 Å². The minimum atomic E-state index is -5.12. The number of nitrogen functional groups attached to an aromatic ring is 1. The number of phosphoric acid groups is 1. The van der Waals surface area contributed by atoms with Crippen LogP contribution in [0.5, 0.6) is 0 Å². The molecule has 2 aliphatic rings. The van der Waals surface area contributed by atoms with Gasteiger partial charge in [-0.3, -0.25) is 27.5 Å². The summed E-state index contributed by atoms with van der Waals surface area (Å²) in [5.41, 5.74) is 5.52. The zero-order valence-electron chi connectivity index (χ0n) is 22.7. The van der Waals surface area contributed by atoms with Crippen molar-refractivity contribution >= 4 is 44.2 Å². The van der Waals surface area contributed by atoms with Crippen LogP contribution in [-0.4, -0.2) is 114 Å². The first kappa shape index (κ1) is 31.7. The number of phosphoric ester groups is 1. The molecule has 2 fully saturated rings. The van der Waals surface area contributed by atoms with Gasteiger partial charge < -0.3 is 49.8 Å². The highest BCUT2D eigenvalue weighted by Crippen LogP contribution is 2.50. The predicted molar refractivity (Wildman–Crippen MR) is 146 cm³/mol. The quantitative estimate of drug-likeness (QED) is 0.0823. The fourth-order valence-electron chi connectivity index (χ4n) is 5.22. The summed E-state index contributed by atoms with van der Waals surface area (Å²) >= 11 is 0. The van der Waals surface area contributed by atoms with Crippen LogP contribution < -0.4 is 11.3 Å². The number of hydrogen-bond acceptors (Lipinski definition) is 17. The molecule has 4 aromatic heterocycles. The van der Waals surface area contributed by atoms with Crippen LogP contribution in [0.2, 0.25) is 0 Å². The molecule has 6 heterocycles. The van der Waals surface area contributed by atoms with Gasteiger partial charge in [0, 0.05) is 6.61 Å². The van der Waals surface area contributed by atoms with Gasteiger partial charge in [-0.2, -0.15) is 0 Å². The molecule has 2 aliphatic heterocycles. The molecule has 0 saturated carbocycles. The van der Waals surface area contributed by atoms with E-state index < -0.39 is 83.9 Å². The molecule has 6 rings (SSSR count). The molecule has 10 atom stereocenters. The van der Waals surface area contributed by atoms with E-state index in [0.717, 1.165) is 19.0 Å². The average Bonchev–Trinajstić information content (AvgIpc) is 3.75. The number of fused-ring (bicyclic) bond motifs is 2. The fraction of sp³-hybridized carbons (Fsp3) is 0.524. The second kappa shape index (κ2) is 12.5. The number of aromatic nitrogens is 8. The van der Waals surface area contributed by atoms with Crippen LogP contribution in [0.4, 0.5) is 5.82 Å². The number of rotatable bonds is 11. The number of H-pyrrole nitrogens is 1. The van der Waals surface area contributed by atoms with Crippen molar-refractivity contribution in [2.45, 2.75) is 55.5 Å². The van der Waals surface area contributed by atoms with E-state index in [1.807, 2.05) is 0 Å². The number of anilines is 1. The summed E-state index contributed by atoms with van der Waals surface area (Å²) in [6.45, 7) is -1.22. The Balaban J connectivity index is 1.22. The molecule has 0 amide bonds. The van der Waals surface area contributed by atoms with Crippen molar-refractivity contribution in [2.75, 3.05) is 18.9 Å². The first-order chi connectivity index (χ1) is 21.5. The van der Waals surface area contributed by atoms with E-state index in [9.17, 15) is 39.0 Å². The average molecular weight is 675 g/mol. The van der Waals surface area contributed by atoms with Gasteiger partial charge in [-0.25, -0.2) is 29.5 Å². The number of nitrogens with zero attached hydrogens (tertiary/aromatic N) is 7. The predicted octanol–water partition coefficient (Wildman–Crippen LogP) is -2.29. The highest BCUT2D eigenvalue weighted by molar-refractivity contribution is 7.47. The highest BCUT2D eigenvalue weighted by atomic mass is 31.2. The van der Waals surface area contributed by atoms with Crippen LogP contribution in [-0.2, 0) is 32.2 Å². The SMILES string of the molecule is Nc1ncnc2c1ncn2[C@@H]1O[C@H](COP(=O)(O)O[C@@H]2[C@H](O)[C@@H](CCO)O[C@H]2n2cnc3c(=O)[nH]cnc32)[C@@H](O[PH](=O)O)[C@H]1O. The number of aliphatic hydroxyl groups is 3. The summed E-state index contributed by atoms with van der Waals surface area (Å²) in [6.07, 6.45) is -6.91. The van der Waals surface area contributed by atoms with Crippen molar-refractivity contribution in [3.8, 4) is 0 Å². The second-order valence-corrected chi connectivity index (χ2v) is 12.1. The normalized spacial score (nSPS) is 30.7. The van der Waals surface area contributed by atoms with Crippen LogP contribution in [0.1, 0.15) is 18.9 Å². The van der Waals surface area contributed by atoms with Crippen molar-refractivity contribution in [3.05, 3.63) is 35.7 Å². The lowest BCUT2D eigenvalue weighted by Crippen LogP contribution is -2.36.